The minimum Gasteiger partial charge on any atom is -0.478 e. The average Bonchev–Trinajstić information content (AvgIpc) is 2.61. The van der Waals surface area contributed by atoms with E-state index in [1.165, 1.54) is 5.56 Å². The van der Waals surface area contributed by atoms with Crippen molar-refractivity contribution in [2.75, 3.05) is 10.6 Å². The number of benzene rings is 2. The van der Waals surface area contributed by atoms with Gasteiger partial charge in [-0.3, -0.25) is 0 Å². The van der Waals surface area contributed by atoms with E-state index in [-0.39, 0.29) is 11.0 Å². The van der Waals surface area contributed by atoms with E-state index in [1.54, 1.807) is 24.3 Å². The Morgan fingerprint density at radius 2 is 1.54 bits per heavy atom. The van der Waals surface area contributed by atoms with Gasteiger partial charge in [-0.05, 0) is 48.2 Å². The summed E-state index contributed by atoms with van der Waals surface area (Å²) in [5.74, 6) is 0.997. The Bertz CT molecular complexity index is 992. The fourth-order valence-electron chi connectivity index (χ4n) is 2.92. The molecule has 0 spiro atoms. The van der Waals surface area contributed by atoms with E-state index in [0.717, 1.165) is 11.4 Å². The van der Waals surface area contributed by atoms with E-state index < -0.39 is 5.97 Å². The monoisotopic (exact) mass is 376 g/mol. The van der Waals surface area contributed by atoms with Gasteiger partial charge in [0.05, 0.1) is 5.56 Å². The quantitative estimate of drug-likeness (QED) is 0.562. The number of anilines is 4. The number of nitrogens with one attached hydrogen (secondary N) is 2. The molecule has 0 fully saturated rings. The van der Waals surface area contributed by atoms with Gasteiger partial charge in [-0.1, -0.05) is 39.0 Å². The van der Waals surface area contributed by atoms with Crippen molar-refractivity contribution in [1.82, 2.24) is 9.97 Å². The molecule has 2 aromatic carbocycles. The predicted molar refractivity (Wildman–Crippen MR) is 112 cm³/mol. The highest BCUT2D eigenvalue weighted by atomic mass is 16.4. The zero-order valence-electron chi connectivity index (χ0n) is 16.4. The van der Waals surface area contributed by atoms with E-state index in [0.29, 0.717) is 17.5 Å². The van der Waals surface area contributed by atoms with Crippen molar-refractivity contribution in [2.45, 2.75) is 33.1 Å². The maximum absolute atomic E-state index is 11.0. The van der Waals surface area contributed by atoms with Crippen LogP contribution in [0.2, 0.25) is 0 Å². The van der Waals surface area contributed by atoms with E-state index in [9.17, 15) is 4.79 Å². The lowest BCUT2D eigenvalue weighted by Gasteiger charge is -2.23. The molecule has 3 aromatic rings. The van der Waals surface area contributed by atoms with Gasteiger partial charge in [0, 0.05) is 17.4 Å². The van der Waals surface area contributed by atoms with E-state index in [4.69, 9.17) is 5.11 Å². The van der Waals surface area contributed by atoms with Crippen molar-refractivity contribution >= 4 is 29.0 Å². The molecule has 1 heterocycles. The highest BCUT2D eigenvalue weighted by Gasteiger charge is 2.18. The number of hydrogen-bond donors (Lipinski definition) is 3. The van der Waals surface area contributed by atoms with Gasteiger partial charge < -0.3 is 15.7 Å². The van der Waals surface area contributed by atoms with Crippen LogP contribution in [0.4, 0.5) is 23.0 Å². The normalized spacial score (nSPS) is 11.1. The summed E-state index contributed by atoms with van der Waals surface area (Å²) >= 11 is 0. The largest absolute Gasteiger partial charge is 0.478 e. The Labute approximate surface area is 164 Å². The first-order valence-corrected chi connectivity index (χ1v) is 9.05. The van der Waals surface area contributed by atoms with E-state index >= 15 is 0 Å². The second kappa shape index (κ2) is 7.68. The highest BCUT2D eigenvalue weighted by molar-refractivity contribution is 5.88. The van der Waals surface area contributed by atoms with Gasteiger partial charge in [0.15, 0.2) is 0 Å². The van der Waals surface area contributed by atoms with Crippen molar-refractivity contribution in [3.8, 4) is 0 Å². The molecule has 0 aliphatic rings. The molecule has 0 amide bonds. The summed E-state index contributed by atoms with van der Waals surface area (Å²) in [6.07, 6.45) is 0. The van der Waals surface area contributed by atoms with Crippen LogP contribution < -0.4 is 10.6 Å². The summed E-state index contributed by atoms with van der Waals surface area (Å²) in [5.41, 5.74) is 3.20. The number of hydrogen-bond acceptors (Lipinski definition) is 5. The number of carboxylic acid groups (broad SMARTS) is 1. The fourth-order valence-corrected chi connectivity index (χ4v) is 2.92. The Kier molecular flexibility index (Phi) is 5.31. The van der Waals surface area contributed by atoms with Crippen molar-refractivity contribution in [2.24, 2.45) is 0 Å². The van der Waals surface area contributed by atoms with Crippen molar-refractivity contribution in [3.63, 3.8) is 0 Å². The topological polar surface area (TPSA) is 87.1 Å². The van der Waals surface area contributed by atoms with Gasteiger partial charge in [-0.15, -0.1) is 0 Å². The third-order valence-corrected chi connectivity index (χ3v) is 4.24. The van der Waals surface area contributed by atoms with Gasteiger partial charge >= 0.3 is 5.97 Å². The summed E-state index contributed by atoms with van der Waals surface area (Å²) in [4.78, 5) is 19.9. The molecule has 0 atom stereocenters. The van der Waals surface area contributed by atoms with Gasteiger partial charge in [0.2, 0.25) is 0 Å². The summed E-state index contributed by atoms with van der Waals surface area (Å²) in [5, 5.41) is 15.6. The average molecular weight is 376 g/mol. The van der Waals surface area contributed by atoms with E-state index in [1.807, 2.05) is 31.2 Å². The first-order chi connectivity index (χ1) is 13.2. The van der Waals surface area contributed by atoms with Crippen LogP contribution in [0.1, 0.15) is 42.5 Å². The second-order valence-corrected chi connectivity index (χ2v) is 7.61. The van der Waals surface area contributed by atoms with Crippen molar-refractivity contribution < 1.29 is 9.90 Å². The highest BCUT2D eigenvalue weighted by Crippen LogP contribution is 2.31. The third-order valence-electron chi connectivity index (χ3n) is 4.24. The number of carbonyl (C=O) groups is 1. The molecule has 144 valence electrons. The smallest absolute Gasteiger partial charge is 0.335 e. The molecule has 1 aromatic heterocycles. The maximum Gasteiger partial charge on any atom is 0.335 e. The van der Waals surface area contributed by atoms with Crippen molar-refractivity contribution in [3.05, 3.63) is 71.5 Å². The van der Waals surface area contributed by atoms with Crippen LogP contribution in [-0.4, -0.2) is 21.0 Å². The second-order valence-electron chi connectivity index (χ2n) is 7.61. The van der Waals surface area contributed by atoms with Gasteiger partial charge in [0.25, 0.3) is 0 Å². The zero-order chi connectivity index (χ0) is 20.3. The number of aromatic carboxylic acids is 1. The maximum atomic E-state index is 11.0. The minimum atomic E-state index is -0.951. The molecule has 0 bridgehead atoms. The molecule has 0 aliphatic carbocycles. The summed E-state index contributed by atoms with van der Waals surface area (Å²) in [6.45, 7) is 8.35. The molecule has 6 nitrogen and oxygen atoms in total. The van der Waals surface area contributed by atoms with Crippen molar-refractivity contribution in [1.29, 1.82) is 0 Å². The molecule has 0 saturated heterocycles. The van der Waals surface area contributed by atoms with Crippen LogP contribution in [-0.2, 0) is 5.41 Å². The molecular formula is C22H24N4O2. The number of aromatic nitrogens is 2. The fraction of sp³-hybridized carbons (Fsp3) is 0.227. The molecule has 0 radical (unpaired) electrons. The summed E-state index contributed by atoms with van der Waals surface area (Å²) in [6, 6.07) is 16.5. The Hall–Kier alpha value is -3.41. The molecule has 3 rings (SSSR count). The zero-order valence-corrected chi connectivity index (χ0v) is 16.4. The first kappa shape index (κ1) is 19.4. The molecule has 28 heavy (non-hydrogen) atoms. The molecule has 0 unspecified atom stereocenters. The van der Waals surface area contributed by atoms with E-state index in [2.05, 4.69) is 47.4 Å². The SMILES string of the molecule is Cc1nc(Nc2ccc(C(=O)O)cc2)cc(Nc2ccccc2C(C)(C)C)n1. The standard InChI is InChI=1S/C22H24N4O2/c1-14-23-19(25-16-11-9-15(10-12-16)21(27)28)13-20(24-14)26-18-8-6-5-7-17(18)22(2,3)4/h5-13H,1-4H3,(H,27,28)(H2,23,24,25,26). The van der Waals surface area contributed by atoms with Gasteiger partial charge in [-0.25, -0.2) is 14.8 Å². The number of nitrogens with zero attached hydrogens (tertiary/aromatic N) is 2. The first-order valence-electron chi connectivity index (χ1n) is 9.05. The lowest BCUT2D eigenvalue weighted by molar-refractivity contribution is 0.0697. The molecule has 0 saturated carbocycles. The molecular weight excluding hydrogens is 352 g/mol. The third kappa shape index (κ3) is 4.65. The van der Waals surface area contributed by atoms with Gasteiger partial charge in [0.1, 0.15) is 17.5 Å². The lowest BCUT2D eigenvalue weighted by Crippen LogP contribution is -2.14. The number of aryl methyl sites for hydroxylation is 1. The summed E-state index contributed by atoms with van der Waals surface area (Å²) < 4.78 is 0. The molecule has 3 N–H and O–H groups in total. The van der Waals surface area contributed by atoms with Crippen LogP contribution >= 0.6 is 0 Å². The molecule has 0 aliphatic heterocycles. The van der Waals surface area contributed by atoms with Crippen LogP contribution in [0, 0.1) is 6.92 Å². The van der Waals surface area contributed by atoms with Crippen LogP contribution in [0.3, 0.4) is 0 Å². The minimum absolute atomic E-state index is 0.00135. The number of rotatable bonds is 5. The number of carboxylic acids is 1. The van der Waals surface area contributed by atoms with Gasteiger partial charge in [-0.2, -0.15) is 0 Å². The Morgan fingerprint density at radius 1 is 0.929 bits per heavy atom. The predicted octanol–water partition coefficient (Wildman–Crippen LogP) is 5.27. The lowest BCUT2D eigenvalue weighted by atomic mass is 9.86. The molecule has 6 heteroatoms. The van der Waals surface area contributed by atoms with Crippen LogP contribution in [0.25, 0.3) is 0 Å². The number of para-hydroxylation sites is 1. The van der Waals surface area contributed by atoms with Crippen LogP contribution in [0.15, 0.2) is 54.6 Å². The van der Waals surface area contributed by atoms with Crippen LogP contribution in [0.5, 0.6) is 0 Å². The Balaban J connectivity index is 1.85. The summed E-state index contributed by atoms with van der Waals surface area (Å²) in [7, 11) is 0. The Morgan fingerprint density at radius 3 is 2.14 bits per heavy atom.